The topological polar surface area (TPSA) is 46.3 Å². The van der Waals surface area contributed by atoms with Crippen molar-refractivity contribution in [3.8, 4) is 0 Å². The maximum Gasteiger partial charge on any atom is 0.224 e. The highest BCUT2D eigenvalue weighted by Crippen LogP contribution is 2.28. The van der Waals surface area contributed by atoms with E-state index in [1.165, 1.54) is 5.56 Å². The second-order valence-electron chi connectivity index (χ2n) is 5.06. The number of carbonyl (C=O) groups excluding carboxylic acids is 1. The number of halogens is 2. The van der Waals surface area contributed by atoms with Crippen molar-refractivity contribution in [1.29, 1.82) is 0 Å². The Balaban J connectivity index is 0.00000180. The van der Waals surface area contributed by atoms with Crippen molar-refractivity contribution < 1.29 is 4.79 Å². The van der Waals surface area contributed by atoms with Crippen LogP contribution in [-0.2, 0) is 4.79 Å². The summed E-state index contributed by atoms with van der Waals surface area (Å²) in [5, 5.41) is 0.752. The zero-order valence-corrected chi connectivity index (χ0v) is 12.6. The summed E-state index contributed by atoms with van der Waals surface area (Å²) >= 11 is 5.88. The zero-order chi connectivity index (χ0) is 13.1. The third-order valence-electron chi connectivity index (χ3n) is 3.38. The first kappa shape index (κ1) is 16.3. The molecule has 1 aromatic rings. The highest BCUT2D eigenvalue weighted by atomic mass is 35.5. The molecule has 0 saturated carbocycles. The van der Waals surface area contributed by atoms with E-state index in [-0.39, 0.29) is 24.4 Å². The van der Waals surface area contributed by atoms with E-state index < -0.39 is 0 Å². The molecule has 1 aromatic carbocycles. The third-order valence-corrected chi connectivity index (χ3v) is 3.63. The number of amides is 1. The van der Waals surface area contributed by atoms with Crippen molar-refractivity contribution in [2.75, 3.05) is 13.1 Å². The van der Waals surface area contributed by atoms with Crippen LogP contribution in [-0.4, -0.2) is 29.9 Å². The summed E-state index contributed by atoms with van der Waals surface area (Å²) in [5.74, 6) is 0.598. The number of hydrogen-bond donors (Lipinski definition) is 1. The predicted octanol–water partition coefficient (Wildman–Crippen LogP) is 2.82. The summed E-state index contributed by atoms with van der Waals surface area (Å²) in [6, 6.07) is 7.85. The molecule has 2 unspecified atom stereocenters. The van der Waals surface area contributed by atoms with Crippen LogP contribution in [0.2, 0.25) is 5.02 Å². The zero-order valence-electron chi connectivity index (χ0n) is 11.0. The summed E-state index contributed by atoms with van der Waals surface area (Å²) in [6.45, 7) is 3.50. The van der Waals surface area contributed by atoms with Crippen LogP contribution in [0.15, 0.2) is 24.3 Å². The van der Waals surface area contributed by atoms with Crippen LogP contribution in [0.1, 0.15) is 31.2 Å². The Kier molecular flexibility index (Phi) is 6.11. The van der Waals surface area contributed by atoms with Gasteiger partial charge in [0.25, 0.3) is 0 Å². The van der Waals surface area contributed by atoms with Crippen LogP contribution in [0.5, 0.6) is 0 Å². The van der Waals surface area contributed by atoms with Gasteiger partial charge in [-0.15, -0.1) is 12.4 Å². The summed E-state index contributed by atoms with van der Waals surface area (Å²) < 4.78 is 0. The molecule has 0 bridgehead atoms. The third kappa shape index (κ3) is 4.37. The summed E-state index contributed by atoms with van der Waals surface area (Å²) in [7, 11) is 0. The molecule has 2 rings (SSSR count). The average Bonchev–Trinajstić information content (AvgIpc) is 2.78. The molecule has 0 aliphatic carbocycles. The number of benzene rings is 1. The van der Waals surface area contributed by atoms with E-state index in [2.05, 4.69) is 0 Å². The average molecular weight is 303 g/mol. The molecule has 0 aromatic heterocycles. The van der Waals surface area contributed by atoms with Gasteiger partial charge in [-0.1, -0.05) is 23.7 Å². The summed E-state index contributed by atoms with van der Waals surface area (Å²) in [4.78, 5) is 13.8. The van der Waals surface area contributed by atoms with E-state index in [0.717, 1.165) is 24.5 Å². The minimum Gasteiger partial charge on any atom is -0.342 e. The molecule has 2 N–H and O–H groups in total. The normalized spacial score (nSPS) is 19.9. The maximum absolute atomic E-state index is 11.9. The van der Waals surface area contributed by atoms with Gasteiger partial charge in [0.2, 0.25) is 5.91 Å². The molecule has 19 heavy (non-hydrogen) atoms. The van der Waals surface area contributed by atoms with Crippen molar-refractivity contribution in [2.45, 2.75) is 31.7 Å². The van der Waals surface area contributed by atoms with Gasteiger partial charge in [0.05, 0.1) is 0 Å². The van der Waals surface area contributed by atoms with E-state index in [0.29, 0.717) is 12.3 Å². The van der Waals surface area contributed by atoms with Crippen LogP contribution in [0, 0.1) is 0 Å². The Morgan fingerprint density at radius 1 is 1.47 bits per heavy atom. The van der Waals surface area contributed by atoms with E-state index in [4.69, 9.17) is 17.3 Å². The smallest absolute Gasteiger partial charge is 0.224 e. The van der Waals surface area contributed by atoms with Crippen molar-refractivity contribution in [2.24, 2.45) is 5.73 Å². The monoisotopic (exact) mass is 302 g/mol. The molecule has 2 atom stereocenters. The Hall–Kier alpha value is -0.770. The number of hydrogen-bond acceptors (Lipinski definition) is 2. The molecule has 3 nitrogen and oxygen atoms in total. The van der Waals surface area contributed by atoms with Crippen LogP contribution in [0.4, 0.5) is 0 Å². The molecule has 1 heterocycles. The molecule has 1 saturated heterocycles. The molecule has 106 valence electrons. The Labute approximate surface area is 125 Å². The number of rotatable bonds is 3. The highest BCUT2D eigenvalue weighted by Gasteiger charge is 2.27. The largest absolute Gasteiger partial charge is 0.342 e. The number of likely N-dealkylation sites (tertiary alicyclic amines) is 1. The lowest BCUT2D eigenvalue weighted by Crippen LogP contribution is -2.33. The molecule has 5 heteroatoms. The van der Waals surface area contributed by atoms with Gasteiger partial charge in [0.15, 0.2) is 0 Å². The summed E-state index contributed by atoms with van der Waals surface area (Å²) in [6.07, 6.45) is 1.46. The first-order chi connectivity index (χ1) is 8.56. The molecule has 1 aliphatic rings. The van der Waals surface area contributed by atoms with Gasteiger partial charge >= 0.3 is 0 Å². The minimum atomic E-state index is -0.0629. The van der Waals surface area contributed by atoms with Gasteiger partial charge in [0.1, 0.15) is 0 Å². The Morgan fingerprint density at radius 2 is 2.11 bits per heavy atom. The van der Waals surface area contributed by atoms with Crippen molar-refractivity contribution in [1.82, 2.24) is 4.90 Å². The standard InChI is InChI=1S/C14H19ClN2O.ClH/c1-10(16)8-14(18)17-7-6-12(9-17)11-2-4-13(15)5-3-11;/h2-5,10,12H,6-9,16H2,1H3;1H. The van der Waals surface area contributed by atoms with Crippen molar-refractivity contribution in [3.63, 3.8) is 0 Å². The van der Waals surface area contributed by atoms with Gasteiger partial charge in [-0.2, -0.15) is 0 Å². The molecule has 1 amide bonds. The maximum atomic E-state index is 11.9. The second-order valence-corrected chi connectivity index (χ2v) is 5.49. The van der Waals surface area contributed by atoms with Gasteiger partial charge in [0, 0.05) is 36.5 Å². The molecular weight excluding hydrogens is 283 g/mol. The molecule has 0 radical (unpaired) electrons. The lowest BCUT2D eigenvalue weighted by atomic mass is 9.99. The number of carbonyl (C=O) groups is 1. The molecular formula is C14H20Cl2N2O. The fourth-order valence-corrected chi connectivity index (χ4v) is 2.52. The molecule has 1 aliphatic heterocycles. The van der Waals surface area contributed by atoms with Gasteiger partial charge in [-0.3, -0.25) is 4.79 Å². The lowest BCUT2D eigenvalue weighted by Gasteiger charge is -2.18. The highest BCUT2D eigenvalue weighted by molar-refractivity contribution is 6.30. The fraction of sp³-hybridized carbons (Fsp3) is 0.500. The van der Waals surface area contributed by atoms with E-state index in [9.17, 15) is 4.79 Å². The molecule has 0 spiro atoms. The van der Waals surface area contributed by atoms with E-state index >= 15 is 0 Å². The van der Waals surface area contributed by atoms with E-state index in [1.54, 1.807) is 0 Å². The minimum absolute atomic E-state index is 0. The van der Waals surface area contributed by atoms with Crippen molar-refractivity contribution in [3.05, 3.63) is 34.9 Å². The van der Waals surface area contributed by atoms with Gasteiger partial charge in [-0.05, 0) is 31.0 Å². The van der Waals surface area contributed by atoms with E-state index in [1.807, 2.05) is 36.1 Å². The summed E-state index contributed by atoms with van der Waals surface area (Å²) in [5.41, 5.74) is 6.92. The van der Waals surface area contributed by atoms with Crippen LogP contribution >= 0.6 is 24.0 Å². The van der Waals surface area contributed by atoms with Crippen LogP contribution in [0.25, 0.3) is 0 Å². The fourth-order valence-electron chi connectivity index (χ4n) is 2.40. The van der Waals surface area contributed by atoms with Crippen LogP contribution in [0.3, 0.4) is 0 Å². The quantitative estimate of drug-likeness (QED) is 0.933. The number of nitrogens with two attached hydrogens (primary N) is 1. The first-order valence-electron chi connectivity index (χ1n) is 6.35. The van der Waals surface area contributed by atoms with Gasteiger partial charge < -0.3 is 10.6 Å². The Bertz CT molecular complexity index is 420. The Morgan fingerprint density at radius 3 is 2.68 bits per heavy atom. The van der Waals surface area contributed by atoms with Crippen LogP contribution < -0.4 is 5.73 Å². The van der Waals surface area contributed by atoms with Gasteiger partial charge in [-0.25, -0.2) is 0 Å². The second kappa shape index (κ2) is 7.13. The van der Waals surface area contributed by atoms with Crippen molar-refractivity contribution >= 4 is 29.9 Å². The lowest BCUT2D eigenvalue weighted by molar-refractivity contribution is -0.130. The number of nitrogens with zero attached hydrogens (tertiary/aromatic N) is 1. The SMILES string of the molecule is CC(N)CC(=O)N1CCC(c2ccc(Cl)cc2)C1.Cl. The predicted molar refractivity (Wildman–Crippen MR) is 80.9 cm³/mol. The molecule has 1 fully saturated rings. The first-order valence-corrected chi connectivity index (χ1v) is 6.73.